The first-order valence-corrected chi connectivity index (χ1v) is 23.4. The van der Waals surface area contributed by atoms with Crippen LogP contribution in [0.15, 0.2) is 120 Å². The van der Waals surface area contributed by atoms with Crippen LogP contribution < -0.4 is 15.7 Å². The minimum absolute atomic E-state index is 0.0933. The van der Waals surface area contributed by atoms with Crippen LogP contribution in [-0.2, 0) is 38.2 Å². The predicted octanol–water partition coefficient (Wildman–Crippen LogP) is 6.55. The van der Waals surface area contributed by atoms with E-state index in [0.717, 1.165) is 15.9 Å². The molecule has 0 aromatic heterocycles. The number of carbonyl (C=O) groups excluding carboxylic acids is 4. The number of esters is 2. The van der Waals surface area contributed by atoms with Gasteiger partial charge in [0.05, 0.1) is 23.7 Å². The van der Waals surface area contributed by atoms with Gasteiger partial charge in [-0.15, -0.1) is 0 Å². The number of amides is 2. The van der Waals surface area contributed by atoms with E-state index in [1.807, 2.05) is 60.7 Å². The SMILES string of the molecule is CCOC(=O)[C@]1([C@H](CO[Si](c2ccccc2)(c2ccccc2)C(C)(C)C)OC(=O)c2ccccc2)NC(=O)C[C@@H]1CCN(C(=O)OC(C)(C)C)S(=O)(=O)c1ccc(C)cc1. The number of sulfonamides is 1. The lowest BCUT2D eigenvalue weighted by Gasteiger charge is -2.45. The monoisotopic (exact) mass is 856 g/mol. The van der Waals surface area contributed by atoms with Crippen molar-refractivity contribution in [1.29, 1.82) is 0 Å². The van der Waals surface area contributed by atoms with Gasteiger partial charge in [0.15, 0.2) is 11.6 Å². The van der Waals surface area contributed by atoms with Gasteiger partial charge in [-0.05, 0) is 80.7 Å². The van der Waals surface area contributed by atoms with Gasteiger partial charge in [0.25, 0.3) is 18.3 Å². The summed E-state index contributed by atoms with van der Waals surface area (Å²) in [5.41, 5.74) is -2.15. The fourth-order valence-electron chi connectivity index (χ4n) is 7.77. The van der Waals surface area contributed by atoms with E-state index in [4.69, 9.17) is 18.6 Å². The summed E-state index contributed by atoms with van der Waals surface area (Å²) >= 11 is 0. The number of hydrogen-bond acceptors (Lipinski definition) is 10. The van der Waals surface area contributed by atoms with Crippen molar-refractivity contribution in [1.82, 2.24) is 9.62 Å². The summed E-state index contributed by atoms with van der Waals surface area (Å²) in [4.78, 5) is 56.2. The first kappa shape index (κ1) is 45.8. The highest BCUT2D eigenvalue weighted by Gasteiger charge is 2.61. The maximum Gasteiger partial charge on any atom is 0.424 e. The lowest BCUT2D eigenvalue weighted by atomic mass is 9.78. The van der Waals surface area contributed by atoms with E-state index >= 15 is 0 Å². The summed E-state index contributed by atoms with van der Waals surface area (Å²) < 4.78 is 54.0. The van der Waals surface area contributed by atoms with Crippen molar-refractivity contribution in [2.45, 2.75) is 95.4 Å². The smallest absolute Gasteiger partial charge is 0.424 e. The highest BCUT2D eigenvalue weighted by atomic mass is 32.2. The number of aryl methyl sites for hydroxylation is 1. The molecule has 5 rings (SSSR count). The second-order valence-electron chi connectivity index (χ2n) is 16.9. The number of ether oxygens (including phenoxy) is 3. The zero-order valence-corrected chi connectivity index (χ0v) is 37.4. The van der Waals surface area contributed by atoms with Crippen LogP contribution in [0.1, 0.15) is 77.2 Å². The first-order valence-electron chi connectivity index (χ1n) is 20.1. The third-order valence-corrected chi connectivity index (χ3v) is 17.3. The molecule has 2 amide bonds. The van der Waals surface area contributed by atoms with Gasteiger partial charge in [0, 0.05) is 18.9 Å². The molecular weight excluding hydrogens is 801 g/mol. The lowest BCUT2D eigenvalue weighted by molar-refractivity contribution is -0.161. The summed E-state index contributed by atoms with van der Waals surface area (Å²) in [5.74, 6) is -3.32. The third-order valence-electron chi connectivity index (χ3n) is 10.6. The molecule has 4 aromatic carbocycles. The van der Waals surface area contributed by atoms with Crippen LogP contribution in [0.2, 0.25) is 5.04 Å². The van der Waals surface area contributed by atoms with E-state index in [1.54, 1.807) is 77.1 Å². The summed E-state index contributed by atoms with van der Waals surface area (Å²) in [7, 11) is -7.88. The molecule has 14 heteroatoms. The molecule has 0 radical (unpaired) electrons. The Bertz CT molecular complexity index is 2190. The highest BCUT2D eigenvalue weighted by molar-refractivity contribution is 7.89. The summed E-state index contributed by atoms with van der Waals surface area (Å²) in [6, 6.07) is 33.8. The van der Waals surface area contributed by atoms with Gasteiger partial charge in [-0.3, -0.25) is 4.79 Å². The number of carbonyl (C=O) groups is 4. The standard InChI is InChI=1S/C46H56N2O10SSi/c1-9-55-42(51)46(35(31-40(49)47-46)29-30-48(43(52)58-44(3,4)5)59(53,54)36-27-25-33(2)26-28-36)39(57-41(50)34-19-13-10-14-20-34)32-56-60(45(6,7)8,37-21-15-11-16-22-37)38-23-17-12-18-24-38/h10-28,35,39H,9,29-32H2,1-8H3,(H,47,49)/t35-,39-,46-/m0/s1. The quantitative estimate of drug-likeness (QED) is 0.0791. The fraction of sp³-hybridized carbons (Fsp3) is 0.391. The first-order chi connectivity index (χ1) is 28.3. The van der Waals surface area contributed by atoms with Gasteiger partial charge in [-0.1, -0.05) is 117 Å². The Morgan fingerprint density at radius 3 is 1.87 bits per heavy atom. The maximum atomic E-state index is 14.7. The molecule has 4 aromatic rings. The minimum atomic E-state index is -4.51. The Balaban J connectivity index is 1.66. The van der Waals surface area contributed by atoms with E-state index in [0.29, 0.717) is 4.31 Å². The molecule has 1 aliphatic rings. The minimum Gasteiger partial charge on any atom is -0.464 e. The van der Waals surface area contributed by atoms with Crippen LogP contribution in [0.5, 0.6) is 0 Å². The Morgan fingerprint density at radius 2 is 1.37 bits per heavy atom. The van der Waals surface area contributed by atoms with Crippen molar-refractivity contribution < 1.29 is 46.2 Å². The molecule has 0 unspecified atom stereocenters. The predicted molar refractivity (Wildman–Crippen MR) is 231 cm³/mol. The lowest BCUT2D eigenvalue weighted by Crippen LogP contribution is -2.70. The zero-order valence-electron chi connectivity index (χ0n) is 35.6. The highest BCUT2D eigenvalue weighted by Crippen LogP contribution is 2.41. The summed E-state index contributed by atoms with van der Waals surface area (Å²) in [6.45, 7) is 13.5. The van der Waals surface area contributed by atoms with Crippen LogP contribution in [0.25, 0.3) is 0 Å². The van der Waals surface area contributed by atoms with Crippen LogP contribution in [0, 0.1) is 12.8 Å². The second-order valence-corrected chi connectivity index (χ2v) is 23.1. The molecule has 1 aliphatic heterocycles. The maximum absolute atomic E-state index is 14.7. The largest absolute Gasteiger partial charge is 0.464 e. The van der Waals surface area contributed by atoms with Crippen LogP contribution >= 0.6 is 0 Å². The van der Waals surface area contributed by atoms with E-state index < -0.39 is 77.0 Å². The normalized spacial score (nSPS) is 17.6. The van der Waals surface area contributed by atoms with Crippen LogP contribution in [0.3, 0.4) is 0 Å². The average molecular weight is 857 g/mol. The van der Waals surface area contributed by atoms with Crippen molar-refractivity contribution in [3.05, 3.63) is 126 Å². The van der Waals surface area contributed by atoms with Crippen LogP contribution in [0.4, 0.5) is 4.79 Å². The molecule has 0 saturated carbocycles. The van der Waals surface area contributed by atoms with Gasteiger partial charge in [-0.25, -0.2) is 27.1 Å². The van der Waals surface area contributed by atoms with E-state index in [-0.39, 0.29) is 36.5 Å². The average Bonchev–Trinajstić information content (AvgIpc) is 3.54. The molecule has 0 spiro atoms. The molecule has 1 fully saturated rings. The molecule has 1 saturated heterocycles. The molecule has 320 valence electrons. The van der Waals surface area contributed by atoms with Gasteiger partial charge in [0.2, 0.25) is 5.91 Å². The zero-order chi connectivity index (χ0) is 43.9. The summed E-state index contributed by atoms with van der Waals surface area (Å²) in [5, 5.41) is 4.15. The molecule has 60 heavy (non-hydrogen) atoms. The van der Waals surface area contributed by atoms with Gasteiger partial charge >= 0.3 is 18.0 Å². The molecular formula is C46H56N2O10SSi. The Labute approximate surface area is 354 Å². The number of hydrogen-bond donors (Lipinski definition) is 1. The van der Waals surface area contributed by atoms with Crippen molar-refractivity contribution in [3.63, 3.8) is 0 Å². The van der Waals surface area contributed by atoms with Crippen molar-refractivity contribution in [2.75, 3.05) is 19.8 Å². The number of rotatable bonds is 15. The van der Waals surface area contributed by atoms with E-state index in [2.05, 4.69) is 26.1 Å². The van der Waals surface area contributed by atoms with Gasteiger partial charge in [-0.2, -0.15) is 0 Å². The molecule has 0 bridgehead atoms. The molecule has 3 atom stereocenters. The number of benzene rings is 4. The van der Waals surface area contributed by atoms with E-state index in [1.165, 1.54) is 12.1 Å². The van der Waals surface area contributed by atoms with Crippen LogP contribution in [-0.4, -0.2) is 82.0 Å². The molecule has 12 nitrogen and oxygen atoms in total. The van der Waals surface area contributed by atoms with E-state index in [9.17, 15) is 27.6 Å². The Morgan fingerprint density at radius 1 is 0.833 bits per heavy atom. The fourth-order valence-corrected chi connectivity index (χ4v) is 13.6. The Kier molecular flexibility index (Phi) is 14.1. The molecule has 1 heterocycles. The number of nitrogens with one attached hydrogen (secondary N) is 1. The van der Waals surface area contributed by atoms with Crippen molar-refractivity contribution in [2.24, 2.45) is 5.92 Å². The second kappa shape index (κ2) is 18.5. The molecule has 0 aliphatic carbocycles. The Hall–Kier alpha value is -5.31. The van der Waals surface area contributed by atoms with Gasteiger partial charge < -0.3 is 24.0 Å². The number of nitrogens with zero attached hydrogens (tertiary/aromatic N) is 1. The topological polar surface area (TPSA) is 155 Å². The van der Waals surface area contributed by atoms with Gasteiger partial charge in [0.1, 0.15) is 5.60 Å². The third kappa shape index (κ3) is 9.83. The van der Waals surface area contributed by atoms with Crippen molar-refractivity contribution >= 4 is 52.7 Å². The van der Waals surface area contributed by atoms with Crippen molar-refractivity contribution in [3.8, 4) is 0 Å². The molecule has 1 N–H and O–H groups in total. The summed E-state index contributed by atoms with van der Waals surface area (Å²) in [6.07, 6.45) is -3.17.